The zero-order valence-corrected chi connectivity index (χ0v) is 10.7. The summed E-state index contributed by atoms with van der Waals surface area (Å²) >= 11 is 0. The second-order valence-corrected chi connectivity index (χ2v) is 5.48. The average molecular weight is 271 g/mol. The lowest BCUT2D eigenvalue weighted by Gasteiger charge is -2.06. The number of primary sulfonamides is 1. The minimum absolute atomic E-state index is 0.0850. The van der Waals surface area contributed by atoms with E-state index in [2.05, 4.69) is 5.32 Å². The van der Waals surface area contributed by atoms with Crippen LogP contribution in [0.2, 0.25) is 0 Å². The van der Waals surface area contributed by atoms with Crippen LogP contribution in [0.15, 0.2) is 29.2 Å². The maximum atomic E-state index is 11.0. The van der Waals surface area contributed by atoms with Crippen LogP contribution in [0.1, 0.15) is 19.3 Å². The van der Waals surface area contributed by atoms with Crippen LogP contribution >= 0.6 is 0 Å². The summed E-state index contributed by atoms with van der Waals surface area (Å²) in [6.07, 6.45) is 1.93. The fraction of sp³-hybridized carbons (Fsp3) is 0.364. The molecule has 0 bridgehead atoms. The van der Waals surface area contributed by atoms with Gasteiger partial charge in [0, 0.05) is 18.7 Å². The molecule has 7 heteroatoms. The number of hydrogen-bond donors (Lipinski definition) is 3. The molecule has 1 aromatic carbocycles. The molecule has 0 saturated heterocycles. The van der Waals surface area contributed by atoms with Gasteiger partial charge in [0.25, 0.3) is 0 Å². The van der Waals surface area contributed by atoms with Crippen LogP contribution in [0.5, 0.6) is 0 Å². The van der Waals surface area contributed by atoms with E-state index >= 15 is 0 Å². The Balaban J connectivity index is 2.38. The number of hydrogen-bond acceptors (Lipinski definition) is 4. The van der Waals surface area contributed by atoms with Gasteiger partial charge in [0.1, 0.15) is 0 Å². The second-order valence-electron chi connectivity index (χ2n) is 3.92. The first-order chi connectivity index (χ1) is 8.39. The van der Waals surface area contributed by atoms with Gasteiger partial charge in [-0.05, 0) is 37.1 Å². The quantitative estimate of drug-likeness (QED) is 0.622. The van der Waals surface area contributed by atoms with Gasteiger partial charge in [0.05, 0.1) is 4.90 Å². The van der Waals surface area contributed by atoms with E-state index in [0.717, 1.165) is 18.5 Å². The van der Waals surface area contributed by atoms with Crippen LogP contribution in [0, 0.1) is 0 Å². The molecule has 0 aromatic heterocycles. The fourth-order valence-corrected chi connectivity index (χ4v) is 1.93. The van der Waals surface area contributed by atoms with E-state index < -0.39 is 10.0 Å². The van der Waals surface area contributed by atoms with Crippen molar-refractivity contribution in [3.63, 3.8) is 0 Å². The maximum absolute atomic E-state index is 11.0. The van der Waals surface area contributed by atoms with E-state index in [1.54, 1.807) is 12.1 Å². The van der Waals surface area contributed by atoms with Crippen molar-refractivity contribution in [1.82, 2.24) is 0 Å². The van der Waals surface area contributed by atoms with E-state index in [4.69, 9.17) is 10.9 Å². The molecule has 0 aliphatic carbocycles. The van der Waals surface area contributed by atoms with Crippen LogP contribution in [0.4, 0.5) is 5.69 Å². The molecular weight excluding hydrogens is 254 g/mol. The molecule has 0 spiro atoms. The topological polar surface area (TPSA) is 115 Å². The minimum atomic E-state index is -3.64. The number of unbranched alkanes of at least 4 members (excludes halogenated alkanes) is 1. The Morgan fingerprint density at radius 1 is 1.17 bits per heavy atom. The summed E-state index contributed by atoms with van der Waals surface area (Å²) in [5.74, 6) is -0.299. The number of nitrogens with two attached hydrogens (primary N) is 2. The standard InChI is InChI=1S/C11H17N3O3S/c12-11(15)3-1-2-8-14-9-4-6-10(7-5-9)18(13,16)17/h4-7,14H,1-3,8H2,(H2,12,15)(H2,13,16,17). The summed E-state index contributed by atoms with van der Waals surface area (Å²) in [4.78, 5) is 10.6. The summed E-state index contributed by atoms with van der Waals surface area (Å²) in [5, 5.41) is 8.09. The molecular formula is C11H17N3O3S. The summed E-state index contributed by atoms with van der Waals surface area (Å²) < 4.78 is 22.0. The summed E-state index contributed by atoms with van der Waals surface area (Å²) in [7, 11) is -3.64. The molecule has 0 fully saturated rings. The number of benzene rings is 1. The zero-order chi connectivity index (χ0) is 13.6. The van der Waals surface area contributed by atoms with Crippen molar-refractivity contribution < 1.29 is 13.2 Å². The van der Waals surface area contributed by atoms with Gasteiger partial charge in [0.2, 0.25) is 15.9 Å². The van der Waals surface area contributed by atoms with E-state index in [1.807, 2.05) is 0 Å². The molecule has 100 valence electrons. The zero-order valence-electron chi connectivity index (χ0n) is 9.93. The van der Waals surface area contributed by atoms with Crippen LogP contribution in [0.3, 0.4) is 0 Å². The first kappa shape index (κ1) is 14.5. The minimum Gasteiger partial charge on any atom is -0.385 e. The molecule has 0 saturated carbocycles. The molecule has 0 aliphatic heterocycles. The van der Waals surface area contributed by atoms with Crippen molar-refractivity contribution in [3.8, 4) is 0 Å². The van der Waals surface area contributed by atoms with Crippen LogP contribution in [-0.2, 0) is 14.8 Å². The number of sulfonamides is 1. The fourth-order valence-electron chi connectivity index (χ4n) is 1.42. The Hall–Kier alpha value is -1.60. The van der Waals surface area contributed by atoms with Crippen LogP contribution < -0.4 is 16.2 Å². The highest BCUT2D eigenvalue weighted by atomic mass is 32.2. The Morgan fingerprint density at radius 2 is 1.78 bits per heavy atom. The molecule has 1 amide bonds. The molecule has 0 atom stereocenters. The third kappa shape index (κ3) is 5.15. The predicted molar refractivity (Wildman–Crippen MR) is 69.4 cm³/mol. The van der Waals surface area contributed by atoms with Crippen molar-refractivity contribution >= 4 is 21.6 Å². The molecule has 18 heavy (non-hydrogen) atoms. The lowest BCUT2D eigenvalue weighted by molar-refractivity contribution is -0.118. The predicted octanol–water partition coefficient (Wildman–Crippen LogP) is 0.402. The number of amides is 1. The van der Waals surface area contributed by atoms with Gasteiger partial charge < -0.3 is 11.1 Å². The molecule has 0 heterocycles. The van der Waals surface area contributed by atoms with Gasteiger partial charge in [-0.15, -0.1) is 0 Å². The first-order valence-electron chi connectivity index (χ1n) is 5.54. The van der Waals surface area contributed by atoms with Gasteiger partial charge in [-0.25, -0.2) is 13.6 Å². The number of carbonyl (C=O) groups excluding carboxylic acids is 1. The highest BCUT2D eigenvalue weighted by molar-refractivity contribution is 7.89. The molecule has 0 aliphatic rings. The lowest BCUT2D eigenvalue weighted by Crippen LogP contribution is -2.12. The average Bonchev–Trinajstić information content (AvgIpc) is 2.27. The van der Waals surface area contributed by atoms with Gasteiger partial charge >= 0.3 is 0 Å². The monoisotopic (exact) mass is 271 g/mol. The highest BCUT2D eigenvalue weighted by Crippen LogP contribution is 2.12. The SMILES string of the molecule is NC(=O)CCCCNc1ccc(S(N)(=O)=O)cc1. The maximum Gasteiger partial charge on any atom is 0.238 e. The Kier molecular flexibility index (Phi) is 5.11. The number of rotatable bonds is 7. The molecule has 6 nitrogen and oxygen atoms in total. The van der Waals surface area contributed by atoms with Crippen molar-refractivity contribution in [1.29, 1.82) is 0 Å². The van der Waals surface area contributed by atoms with Gasteiger partial charge in [0.15, 0.2) is 0 Å². The van der Waals surface area contributed by atoms with E-state index in [1.165, 1.54) is 12.1 Å². The third-order valence-corrected chi connectivity index (χ3v) is 3.29. The van der Waals surface area contributed by atoms with E-state index in [-0.39, 0.29) is 10.8 Å². The summed E-state index contributed by atoms with van der Waals surface area (Å²) in [5.41, 5.74) is 5.82. The van der Waals surface area contributed by atoms with E-state index in [9.17, 15) is 13.2 Å². The number of primary amides is 1. The molecule has 5 N–H and O–H groups in total. The molecule has 1 aromatic rings. The summed E-state index contributed by atoms with van der Waals surface area (Å²) in [6, 6.07) is 6.18. The van der Waals surface area contributed by atoms with E-state index in [0.29, 0.717) is 13.0 Å². The highest BCUT2D eigenvalue weighted by Gasteiger charge is 2.06. The van der Waals surface area contributed by atoms with Crippen molar-refractivity contribution in [2.24, 2.45) is 10.9 Å². The van der Waals surface area contributed by atoms with Crippen LogP contribution in [0.25, 0.3) is 0 Å². The van der Waals surface area contributed by atoms with Crippen molar-refractivity contribution in [2.45, 2.75) is 24.2 Å². The molecule has 0 unspecified atom stereocenters. The van der Waals surface area contributed by atoms with Gasteiger partial charge in [-0.2, -0.15) is 0 Å². The normalized spacial score (nSPS) is 11.2. The number of anilines is 1. The Bertz CT molecular complexity index is 497. The number of nitrogens with one attached hydrogen (secondary N) is 1. The third-order valence-electron chi connectivity index (χ3n) is 2.36. The Labute approximate surface area is 106 Å². The smallest absolute Gasteiger partial charge is 0.238 e. The second kappa shape index (κ2) is 6.36. The van der Waals surface area contributed by atoms with Crippen LogP contribution in [-0.4, -0.2) is 20.9 Å². The summed E-state index contributed by atoms with van der Waals surface area (Å²) in [6.45, 7) is 0.696. The lowest BCUT2D eigenvalue weighted by atomic mass is 10.2. The molecule has 1 rings (SSSR count). The van der Waals surface area contributed by atoms with Gasteiger partial charge in [-0.3, -0.25) is 4.79 Å². The number of carbonyl (C=O) groups is 1. The van der Waals surface area contributed by atoms with Gasteiger partial charge in [-0.1, -0.05) is 0 Å². The van der Waals surface area contributed by atoms with Crippen molar-refractivity contribution in [3.05, 3.63) is 24.3 Å². The molecule has 0 radical (unpaired) electrons. The largest absolute Gasteiger partial charge is 0.385 e. The Morgan fingerprint density at radius 3 is 2.28 bits per heavy atom. The first-order valence-corrected chi connectivity index (χ1v) is 7.09. The van der Waals surface area contributed by atoms with Crippen molar-refractivity contribution in [2.75, 3.05) is 11.9 Å².